The SMILES string of the molecule is CCOC(=O)C1=C(CSc2nnc(N3CCCC3)n2-c2cccc(Cl)c2)NC(=O)NC1CC. The Balaban J connectivity index is 1.68. The number of esters is 1. The van der Waals surface area contributed by atoms with E-state index in [0.29, 0.717) is 33.6 Å². The molecule has 2 aliphatic heterocycles. The van der Waals surface area contributed by atoms with Crippen molar-refractivity contribution in [3.63, 3.8) is 0 Å². The van der Waals surface area contributed by atoms with E-state index in [1.807, 2.05) is 35.8 Å². The first-order chi connectivity index (χ1) is 16.0. The average molecular weight is 491 g/mol. The molecule has 2 aliphatic rings. The lowest BCUT2D eigenvalue weighted by Gasteiger charge is -2.28. The highest BCUT2D eigenvalue weighted by molar-refractivity contribution is 7.99. The highest BCUT2D eigenvalue weighted by atomic mass is 35.5. The van der Waals surface area contributed by atoms with Crippen molar-refractivity contribution < 1.29 is 14.3 Å². The molecule has 1 atom stereocenters. The number of anilines is 1. The third-order valence-electron chi connectivity index (χ3n) is 5.56. The fourth-order valence-corrected chi connectivity index (χ4v) is 5.13. The Bertz CT molecular complexity index is 1070. The quantitative estimate of drug-likeness (QED) is 0.431. The summed E-state index contributed by atoms with van der Waals surface area (Å²) in [6.07, 6.45) is 2.80. The molecule has 0 bridgehead atoms. The van der Waals surface area contributed by atoms with E-state index in [2.05, 4.69) is 25.7 Å². The van der Waals surface area contributed by atoms with Gasteiger partial charge in [-0.05, 0) is 44.4 Å². The summed E-state index contributed by atoms with van der Waals surface area (Å²) in [4.78, 5) is 27.1. The zero-order valence-electron chi connectivity index (χ0n) is 18.6. The van der Waals surface area contributed by atoms with Crippen LogP contribution >= 0.6 is 23.4 Å². The van der Waals surface area contributed by atoms with Gasteiger partial charge in [0.15, 0.2) is 5.16 Å². The molecule has 1 saturated heterocycles. The van der Waals surface area contributed by atoms with Crippen LogP contribution < -0.4 is 15.5 Å². The van der Waals surface area contributed by atoms with Crippen molar-refractivity contribution in [1.29, 1.82) is 0 Å². The van der Waals surface area contributed by atoms with Gasteiger partial charge < -0.3 is 20.3 Å². The third-order valence-corrected chi connectivity index (χ3v) is 6.75. The van der Waals surface area contributed by atoms with Crippen molar-refractivity contribution in [3.8, 4) is 5.69 Å². The molecule has 1 aromatic carbocycles. The Morgan fingerprint density at radius 2 is 2.06 bits per heavy atom. The van der Waals surface area contributed by atoms with Crippen LogP contribution in [0, 0.1) is 0 Å². The topological polar surface area (TPSA) is 101 Å². The number of rotatable bonds is 8. The Hall–Kier alpha value is -2.72. The van der Waals surface area contributed by atoms with Gasteiger partial charge in [0.2, 0.25) is 5.95 Å². The molecule has 0 spiro atoms. The van der Waals surface area contributed by atoms with Crippen molar-refractivity contribution in [2.24, 2.45) is 0 Å². The number of nitrogens with zero attached hydrogens (tertiary/aromatic N) is 4. The van der Waals surface area contributed by atoms with Crippen LogP contribution in [0.5, 0.6) is 0 Å². The van der Waals surface area contributed by atoms with Gasteiger partial charge in [-0.25, -0.2) is 9.59 Å². The van der Waals surface area contributed by atoms with E-state index in [9.17, 15) is 9.59 Å². The van der Waals surface area contributed by atoms with Crippen molar-refractivity contribution in [2.75, 3.05) is 30.3 Å². The number of hydrogen-bond acceptors (Lipinski definition) is 7. The van der Waals surface area contributed by atoms with E-state index in [1.165, 1.54) is 11.8 Å². The van der Waals surface area contributed by atoms with Crippen LogP contribution in [-0.4, -0.2) is 58.3 Å². The third kappa shape index (κ3) is 5.11. The number of carbonyl (C=O) groups excluding carboxylic acids is 2. The minimum absolute atomic E-state index is 0.259. The number of hydrogen-bond donors (Lipinski definition) is 2. The first-order valence-electron chi connectivity index (χ1n) is 11.1. The second-order valence-corrected chi connectivity index (χ2v) is 9.13. The molecule has 9 nitrogen and oxygen atoms in total. The van der Waals surface area contributed by atoms with E-state index in [4.69, 9.17) is 16.3 Å². The van der Waals surface area contributed by atoms with Crippen LogP contribution in [0.15, 0.2) is 40.7 Å². The van der Waals surface area contributed by atoms with Gasteiger partial charge in [0.1, 0.15) is 0 Å². The molecule has 3 heterocycles. The molecule has 2 N–H and O–H groups in total. The molecule has 2 aromatic rings. The number of aromatic nitrogens is 3. The second kappa shape index (κ2) is 10.5. The number of carbonyl (C=O) groups is 2. The summed E-state index contributed by atoms with van der Waals surface area (Å²) >= 11 is 7.67. The average Bonchev–Trinajstić information content (AvgIpc) is 3.47. The number of ether oxygens (including phenoxy) is 1. The zero-order chi connectivity index (χ0) is 23.4. The molecule has 0 saturated carbocycles. The van der Waals surface area contributed by atoms with Crippen LogP contribution in [0.1, 0.15) is 33.1 Å². The first-order valence-corrected chi connectivity index (χ1v) is 12.4. The molecule has 176 valence electrons. The summed E-state index contributed by atoms with van der Waals surface area (Å²) in [5.41, 5.74) is 1.83. The molecule has 4 rings (SSSR count). The number of nitrogens with one attached hydrogen (secondary N) is 2. The second-order valence-electron chi connectivity index (χ2n) is 7.75. The van der Waals surface area contributed by atoms with Gasteiger partial charge in [0.05, 0.1) is 23.9 Å². The number of benzene rings is 1. The summed E-state index contributed by atoms with van der Waals surface area (Å²) in [7, 11) is 0. The number of amides is 2. The molecule has 0 aliphatic carbocycles. The smallest absolute Gasteiger partial charge is 0.337 e. The van der Waals surface area contributed by atoms with Gasteiger partial charge in [0, 0.05) is 29.6 Å². The van der Waals surface area contributed by atoms with Gasteiger partial charge >= 0.3 is 12.0 Å². The van der Waals surface area contributed by atoms with E-state index >= 15 is 0 Å². The van der Waals surface area contributed by atoms with Gasteiger partial charge in [-0.15, -0.1) is 10.2 Å². The summed E-state index contributed by atoms with van der Waals surface area (Å²) in [6, 6.07) is 6.81. The first kappa shape index (κ1) is 23.4. The molecular formula is C22H27ClN6O3S. The number of urea groups is 1. The molecule has 1 fully saturated rings. The lowest BCUT2D eigenvalue weighted by Crippen LogP contribution is -2.50. The fraction of sp³-hybridized carbons (Fsp3) is 0.455. The minimum Gasteiger partial charge on any atom is -0.463 e. The molecule has 2 amide bonds. The fourth-order valence-electron chi connectivity index (χ4n) is 4.03. The van der Waals surface area contributed by atoms with Gasteiger partial charge in [0.25, 0.3) is 0 Å². The van der Waals surface area contributed by atoms with Gasteiger partial charge in [-0.1, -0.05) is 36.4 Å². The van der Waals surface area contributed by atoms with Crippen LogP contribution in [0.2, 0.25) is 5.02 Å². The van der Waals surface area contributed by atoms with Gasteiger partial charge in [-0.3, -0.25) is 4.57 Å². The maximum atomic E-state index is 12.7. The van der Waals surface area contributed by atoms with Crippen molar-refractivity contribution in [3.05, 3.63) is 40.6 Å². The monoisotopic (exact) mass is 490 g/mol. The molecule has 33 heavy (non-hydrogen) atoms. The lowest BCUT2D eigenvalue weighted by molar-refractivity contribution is -0.139. The Labute approximate surface area is 201 Å². The van der Waals surface area contributed by atoms with Crippen molar-refractivity contribution in [2.45, 2.75) is 44.3 Å². The Morgan fingerprint density at radius 1 is 1.27 bits per heavy atom. The Morgan fingerprint density at radius 3 is 2.76 bits per heavy atom. The minimum atomic E-state index is -0.429. The summed E-state index contributed by atoms with van der Waals surface area (Å²) in [5.74, 6) is 0.663. The van der Waals surface area contributed by atoms with Crippen LogP contribution in [0.4, 0.5) is 10.7 Å². The number of thioether (sulfide) groups is 1. The summed E-state index contributed by atoms with van der Waals surface area (Å²) < 4.78 is 7.24. The van der Waals surface area contributed by atoms with Crippen molar-refractivity contribution in [1.82, 2.24) is 25.4 Å². The highest BCUT2D eigenvalue weighted by Crippen LogP contribution is 2.31. The molecule has 1 unspecified atom stereocenters. The summed E-state index contributed by atoms with van der Waals surface area (Å²) in [6.45, 7) is 5.77. The number of halogens is 1. The van der Waals surface area contributed by atoms with Crippen molar-refractivity contribution >= 4 is 41.3 Å². The molecule has 1 aromatic heterocycles. The molecular weight excluding hydrogens is 464 g/mol. The molecule has 11 heteroatoms. The van der Waals surface area contributed by atoms with E-state index in [-0.39, 0.29) is 12.6 Å². The predicted octanol–water partition coefficient (Wildman–Crippen LogP) is 3.52. The largest absolute Gasteiger partial charge is 0.463 e. The van der Waals surface area contributed by atoms with Gasteiger partial charge in [-0.2, -0.15) is 0 Å². The Kier molecular flexibility index (Phi) is 7.44. The summed E-state index contributed by atoms with van der Waals surface area (Å²) in [5, 5.41) is 15.8. The maximum Gasteiger partial charge on any atom is 0.337 e. The predicted molar refractivity (Wildman–Crippen MR) is 128 cm³/mol. The standard InChI is InChI=1S/C22H27ClN6O3S/c1-3-16-18(19(30)32-4-2)17(25-20(31)24-16)13-33-22-27-26-21(28-10-5-6-11-28)29(22)15-9-7-8-14(23)12-15/h7-9,12,16H,3-6,10-11,13H2,1-2H3,(H2,24,25,31). The van der Waals surface area contributed by atoms with E-state index < -0.39 is 12.0 Å². The highest BCUT2D eigenvalue weighted by Gasteiger charge is 2.32. The van der Waals surface area contributed by atoms with E-state index in [1.54, 1.807) is 6.92 Å². The lowest BCUT2D eigenvalue weighted by atomic mass is 10.0. The van der Waals surface area contributed by atoms with Crippen LogP contribution in [0.25, 0.3) is 5.69 Å². The van der Waals surface area contributed by atoms with E-state index in [0.717, 1.165) is 37.6 Å². The van der Waals surface area contributed by atoms with Crippen LogP contribution in [0.3, 0.4) is 0 Å². The molecule has 0 radical (unpaired) electrons. The normalized spacial score (nSPS) is 18.3. The zero-order valence-corrected chi connectivity index (χ0v) is 20.2. The maximum absolute atomic E-state index is 12.7. The van der Waals surface area contributed by atoms with Crippen LogP contribution in [-0.2, 0) is 9.53 Å².